The first-order chi connectivity index (χ1) is 11.9. The normalized spacial score (nSPS) is 13.0. The van der Waals surface area contributed by atoms with Crippen molar-refractivity contribution >= 4 is 39.0 Å². The molecule has 2 rings (SSSR count). The molecule has 6 nitrogen and oxygen atoms in total. The zero-order valence-corrected chi connectivity index (χ0v) is 15.6. The van der Waals surface area contributed by atoms with Crippen LogP contribution in [0.3, 0.4) is 0 Å². The van der Waals surface area contributed by atoms with Crippen LogP contribution >= 0.6 is 11.3 Å². The maximum Gasteiger partial charge on any atom is 0.248 e. The van der Waals surface area contributed by atoms with E-state index in [-0.39, 0.29) is 23.5 Å². The summed E-state index contributed by atoms with van der Waals surface area (Å²) in [7, 11) is -2.11. The van der Waals surface area contributed by atoms with Gasteiger partial charge in [-0.25, -0.2) is 13.1 Å². The van der Waals surface area contributed by atoms with Crippen molar-refractivity contribution in [2.75, 3.05) is 19.0 Å². The summed E-state index contributed by atoms with van der Waals surface area (Å²) < 4.78 is 31.9. The molecule has 8 heteroatoms. The molecule has 2 aromatic rings. The molecule has 0 saturated carbocycles. The standard InChI is InChI=1S/C17H20N2O4S2/c1-13(12-23-2)19-25(21,22)16-8-5-14(6-9-16)18-17(20)10-7-15-4-3-11-24-15/h3-11,13,19H,12H2,1-2H3,(H,18,20)/b10-7+. The lowest BCUT2D eigenvalue weighted by molar-refractivity contribution is -0.111. The molecular formula is C17H20N2O4S2. The Labute approximate surface area is 151 Å². The Morgan fingerprint density at radius 3 is 2.60 bits per heavy atom. The quantitative estimate of drug-likeness (QED) is 0.690. The first kappa shape index (κ1) is 19.3. The number of ether oxygens (including phenoxy) is 1. The largest absolute Gasteiger partial charge is 0.383 e. The van der Waals surface area contributed by atoms with Gasteiger partial charge in [-0.15, -0.1) is 11.3 Å². The molecular weight excluding hydrogens is 360 g/mol. The maximum atomic E-state index is 12.2. The molecule has 1 heterocycles. The number of nitrogens with one attached hydrogen (secondary N) is 2. The highest BCUT2D eigenvalue weighted by molar-refractivity contribution is 7.89. The molecule has 0 aliphatic heterocycles. The summed E-state index contributed by atoms with van der Waals surface area (Å²) in [6.45, 7) is 2.00. The summed E-state index contributed by atoms with van der Waals surface area (Å²) >= 11 is 1.53. The summed E-state index contributed by atoms with van der Waals surface area (Å²) in [6, 6.07) is 9.46. The lowest BCUT2D eigenvalue weighted by Gasteiger charge is -2.13. The van der Waals surface area contributed by atoms with Crippen molar-refractivity contribution in [2.45, 2.75) is 17.9 Å². The second-order valence-electron chi connectivity index (χ2n) is 5.34. The molecule has 2 N–H and O–H groups in total. The first-order valence-corrected chi connectivity index (χ1v) is 9.91. The minimum Gasteiger partial charge on any atom is -0.383 e. The van der Waals surface area contributed by atoms with Gasteiger partial charge in [0, 0.05) is 29.8 Å². The van der Waals surface area contributed by atoms with Gasteiger partial charge in [0.1, 0.15) is 0 Å². The Morgan fingerprint density at radius 2 is 2.00 bits per heavy atom. The Hall–Kier alpha value is -2.00. The minimum absolute atomic E-state index is 0.127. The van der Waals surface area contributed by atoms with E-state index in [9.17, 15) is 13.2 Å². The molecule has 1 amide bonds. The zero-order chi connectivity index (χ0) is 18.3. The molecule has 25 heavy (non-hydrogen) atoms. The zero-order valence-electron chi connectivity index (χ0n) is 13.9. The first-order valence-electron chi connectivity index (χ1n) is 7.54. The Balaban J connectivity index is 1.98. The van der Waals surface area contributed by atoms with Crippen molar-refractivity contribution in [3.8, 4) is 0 Å². The van der Waals surface area contributed by atoms with Crippen LogP contribution in [-0.2, 0) is 19.6 Å². The number of hydrogen-bond donors (Lipinski definition) is 2. The third kappa shape index (κ3) is 6.09. The molecule has 0 fully saturated rings. The lowest BCUT2D eigenvalue weighted by Crippen LogP contribution is -2.35. The second kappa shape index (κ2) is 8.91. The number of amides is 1. The number of methoxy groups -OCH3 is 1. The summed E-state index contributed by atoms with van der Waals surface area (Å²) in [5.74, 6) is -0.282. The number of thiophene rings is 1. The molecule has 134 valence electrons. The van der Waals surface area contributed by atoms with Crippen LogP contribution in [0.25, 0.3) is 6.08 Å². The summed E-state index contributed by atoms with van der Waals surface area (Å²) in [6.07, 6.45) is 3.16. The van der Waals surface area contributed by atoms with Crippen LogP contribution < -0.4 is 10.0 Å². The summed E-state index contributed by atoms with van der Waals surface area (Å²) in [5.41, 5.74) is 0.518. The summed E-state index contributed by atoms with van der Waals surface area (Å²) in [4.78, 5) is 13.0. The molecule has 0 saturated heterocycles. The van der Waals surface area contributed by atoms with Gasteiger partial charge in [-0.1, -0.05) is 6.07 Å². The van der Waals surface area contributed by atoms with Gasteiger partial charge in [0.2, 0.25) is 15.9 Å². The highest BCUT2D eigenvalue weighted by atomic mass is 32.2. The number of hydrogen-bond acceptors (Lipinski definition) is 5. The number of carbonyl (C=O) groups is 1. The van der Waals surface area contributed by atoms with Gasteiger partial charge in [-0.3, -0.25) is 4.79 Å². The van der Waals surface area contributed by atoms with E-state index in [4.69, 9.17) is 4.74 Å². The van der Waals surface area contributed by atoms with Crippen LogP contribution in [0.2, 0.25) is 0 Å². The van der Waals surface area contributed by atoms with Crippen molar-refractivity contribution in [2.24, 2.45) is 0 Å². The predicted octanol–water partition coefficient (Wildman–Crippen LogP) is 2.71. The third-order valence-electron chi connectivity index (χ3n) is 3.15. The van der Waals surface area contributed by atoms with Gasteiger partial charge in [0.25, 0.3) is 0 Å². The van der Waals surface area contributed by atoms with Crippen LogP contribution in [0.5, 0.6) is 0 Å². The number of benzene rings is 1. The number of anilines is 1. The predicted molar refractivity (Wildman–Crippen MR) is 100 cm³/mol. The fourth-order valence-corrected chi connectivity index (χ4v) is 3.91. The van der Waals surface area contributed by atoms with Crippen molar-refractivity contribution < 1.29 is 17.9 Å². The van der Waals surface area contributed by atoms with Crippen LogP contribution in [-0.4, -0.2) is 34.1 Å². The van der Waals surface area contributed by atoms with Crippen molar-refractivity contribution in [1.82, 2.24) is 4.72 Å². The van der Waals surface area contributed by atoms with Crippen LogP contribution in [0, 0.1) is 0 Å². The summed E-state index contributed by atoms with van der Waals surface area (Å²) in [5, 5.41) is 4.62. The van der Waals surface area contributed by atoms with Crippen molar-refractivity contribution in [3.05, 3.63) is 52.7 Å². The van der Waals surface area contributed by atoms with Gasteiger partial charge < -0.3 is 10.1 Å². The molecule has 1 aromatic carbocycles. The Morgan fingerprint density at radius 1 is 1.28 bits per heavy atom. The fraction of sp³-hybridized carbons (Fsp3) is 0.235. The highest BCUT2D eigenvalue weighted by Gasteiger charge is 2.17. The van der Waals surface area contributed by atoms with Crippen molar-refractivity contribution in [1.29, 1.82) is 0 Å². The number of carbonyl (C=O) groups excluding carboxylic acids is 1. The third-order valence-corrected chi connectivity index (χ3v) is 5.59. The van der Waals surface area contributed by atoms with Crippen LogP contribution in [0.15, 0.2) is 52.7 Å². The maximum absolute atomic E-state index is 12.2. The molecule has 0 bridgehead atoms. The SMILES string of the molecule is COCC(C)NS(=O)(=O)c1ccc(NC(=O)/C=C/c2cccs2)cc1. The molecule has 0 radical (unpaired) electrons. The van der Waals surface area contributed by atoms with Crippen molar-refractivity contribution in [3.63, 3.8) is 0 Å². The molecule has 1 aromatic heterocycles. The fourth-order valence-electron chi connectivity index (χ4n) is 2.06. The average Bonchev–Trinajstić information content (AvgIpc) is 3.06. The topological polar surface area (TPSA) is 84.5 Å². The van der Waals surface area contributed by atoms with Gasteiger partial charge in [0.15, 0.2) is 0 Å². The molecule has 0 aliphatic carbocycles. The van der Waals surface area contributed by atoms with E-state index in [1.54, 1.807) is 25.1 Å². The van der Waals surface area contributed by atoms with E-state index in [0.29, 0.717) is 5.69 Å². The molecule has 0 spiro atoms. The molecule has 1 unspecified atom stereocenters. The van der Waals surface area contributed by atoms with Gasteiger partial charge in [-0.05, 0) is 48.7 Å². The molecule has 1 atom stereocenters. The van der Waals surface area contributed by atoms with Gasteiger partial charge in [-0.2, -0.15) is 0 Å². The van der Waals surface area contributed by atoms with Crippen LogP contribution in [0.1, 0.15) is 11.8 Å². The monoisotopic (exact) mass is 380 g/mol. The Bertz CT molecular complexity index is 813. The van der Waals surface area contributed by atoms with E-state index in [2.05, 4.69) is 10.0 Å². The minimum atomic E-state index is -3.62. The van der Waals surface area contributed by atoms with E-state index in [1.807, 2.05) is 17.5 Å². The van der Waals surface area contributed by atoms with E-state index >= 15 is 0 Å². The average molecular weight is 380 g/mol. The number of rotatable bonds is 8. The van der Waals surface area contributed by atoms with Gasteiger partial charge in [0.05, 0.1) is 11.5 Å². The Kier molecular flexibility index (Phi) is 6.89. The second-order valence-corrected chi connectivity index (χ2v) is 8.03. The molecule has 0 aliphatic rings. The van der Waals surface area contributed by atoms with Gasteiger partial charge >= 0.3 is 0 Å². The number of sulfonamides is 1. The smallest absolute Gasteiger partial charge is 0.248 e. The highest BCUT2D eigenvalue weighted by Crippen LogP contribution is 2.15. The lowest BCUT2D eigenvalue weighted by atomic mass is 10.3. The van der Waals surface area contributed by atoms with E-state index < -0.39 is 10.0 Å². The van der Waals surface area contributed by atoms with E-state index in [1.165, 1.54) is 36.7 Å². The van der Waals surface area contributed by atoms with Crippen LogP contribution in [0.4, 0.5) is 5.69 Å². The van der Waals surface area contributed by atoms with E-state index in [0.717, 1.165) is 4.88 Å².